The number of ether oxygens (including phenoxy) is 3. The number of hydrogen-bond acceptors (Lipinski definition) is 4. The molecule has 0 saturated heterocycles. The second-order valence-electron chi connectivity index (χ2n) is 5.77. The summed E-state index contributed by atoms with van der Waals surface area (Å²) in [5.74, 6) is 2.03. The predicted molar refractivity (Wildman–Crippen MR) is 96.0 cm³/mol. The monoisotopic (exact) mass is 339 g/mol. The molecule has 3 rings (SSSR count). The fourth-order valence-corrected chi connectivity index (χ4v) is 2.60. The fourth-order valence-electron chi connectivity index (χ4n) is 2.60. The normalized spacial score (nSPS) is 12.9. The summed E-state index contributed by atoms with van der Waals surface area (Å²) in [6.07, 6.45) is 3.26. The highest BCUT2D eigenvalue weighted by molar-refractivity contribution is 5.92. The van der Waals surface area contributed by atoms with Crippen LogP contribution in [0.15, 0.2) is 42.5 Å². The van der Waals surface area contributed by atoms with Crippen molar-refractivity contribution in [3.8, 4) is 17.2 Å². The minimum Gasteiger partial charge on any atom is -0.496 e. The van der Waals surface area contributed by atoms with E-state index in [1.807, 2.05) is 43.3 Å². The van der Waals surface area contributed by atoms with Gasteiger partial charge < -0.3 is 19.5 Å². The maximum absolute atomic E-state index is 12.1. The van der Waals surface area contributed by atoms with Gasteiger partial charge in [-0.1, -0.05) is 17.7 Å². The number of rotatable bonds is 5. The Morgan fingerprint density at radius 2 is 1.96 bits per heavy atom. The molecule has 0 atom stereocenters. The van der Waals surface area contributed by atoms with E-state index in [1.54, 1.807) is 13.2 Å². The summed E-state index contributed by atoms with van der Waals surface area (Å²) < 4.78 is 16.3. The summed E-state index contributed by atoms with van der Waals surface area (Å²) in [6, 6.07) is 11.5. The van der Waals surface area contributed by atoms with Crippen LogP contribution in [0.5, 0.6) is 17.2 Å². The Balaban J connectivity index is 1.60. The van der Waals surface area contributed by atoms with Crippen molar-refractivity contribution in [3.05, 3.63) is 59.2 Å². The molecule has 0 aliphatic carbocycles. The maximum Gasteiger partial charge on any atom is 0.244 e. The van der Waals surface area contributed by atoms with Crippen LogP contribution in [-0.2, 0) is 11.3 Å². The van der Waals surface area contributed by atoms with E-state index in [0.717, 1.165) is 33.9 Å². The zero-order valence-electron chi connectivity index (χ0n) is 14.4. The molecule has 0 aromatic heterocycles. The van der Waals surface area contributed by atoms with Gasteiger partial charge in [-0.15, -0.1) is 0 Å². The van der Waals surface area contributed by atoms with Crippen molar-refractivity contribution in [1.29, 1.82) is 0 Å². The van der Waals surface area contributed by atoms with Crippen molar-refractivity contribution in [1.82, 2.24) is 5.32 Å². The van der Waals surface area contributed by atoms with Gasteiger partial charge in [0.15, 0.2) is 11.5 Å². The van der Waals surface area contributed by atoms with Crippen LogP contribution in [-0.4, -0.2) is 26.2 Å². The van der Waals surface area contributed by atoms with Gasteiger partial charge in [0, 0.05) is 18.2 Å². The number of aryl methyl sites for hydroxylation is 1. The molecule has 2 aromatic rings. The number of nitrogens with one attached hydrogen (secondary N) is 1. The lowest BCUT2D eigenvalue weighted by atomic mass is 10.1. The average molecular weight is 339 g/mol. The third-order valence-corrected chi connectivity index (χ3v) is 3.87. The summed E-state index contributed by atoms with van der Waals surface area (Å²) in [5.41, 5.74) is 2.94. The molecule has 2 aromatic carbocycles. The minimum absolute atomic E-state index is 0.168. The number of fused-ring (bicyclic) bond motifs is 1. The first-order chi connectivity index (χ1) is 12.2. The Labute approximate surface area is 147 Å². The second kappa shape index (κ2) is 7.75. The molecule has 5 heteroatoms. The standard InChI is InChI=1S/C20H21NO4/c1-14-3-6-17(23-2)16(11-14)5-8-20(22)21-13-15-4-7-18-19(12-15)25-10-9-24-18/h3-8,11-12H,9-10,13H2,1-2H3,(H,21,22)/b8-5+. The Hall–Kier alpha value is -2.95. The second-order valence-corrected chi connectivity index (χ2v) is 5.77. The Morgan fingerprint density at radius 1 is 1.16 bits per heavy atom. The Bertz CT molecular complexity index is 798. The van der Waals surface area contributed by atoms with E-state index >= 15 is 0 Å². The number of carbonyl (C=O) groups is 1. The lowest BCUT2D eigenvalue weighted by Crippen LogP contribution is -2.21. The first-order valence-corrected chi connectivity index (χ1v) is 8.15. The molecule has 1 heterocycles. The van der Waals surface area contributed by atoms with Crippen LogP contribution in [0.3, 0.4) is 0 Å². The van der Waals surface area contributed by atoms with E-state index in [4.69, 9.17) is 14.2 Å². The van der Waals surface area contributed by atoms with Gasteiger partial charge in [-0.25, -0.2) is 0 Å². The van der Waals surface area contributed by atoms with E-state index in [9.17, 15) is 4.79 Å². The molecule has 1 N–H and O–H groups in total. The highest BCUT2D eigenvalue weighted by atomic mass is 16.6. The summed E-state index contributed by atoms with van der Waals surface area (Å²) in [5, 5.41) is 2.87. The SMILES string of the molecule is COc1ccc(C)cc1/C=C/C(=O)NCc1ccc2c(c1)OCCO2. The first kappa shape index (κ1) is 16.9. The average Bonchev–Trinajstić information content (AvgIpc) is 2.64. The maximum atomic E-state index is 12.1. The summed E-state index contributed by atoms with van der Waals surface area (Å²) in [7, 11) is 1.62. The van der Waals surface area contributed by atoms with Gasteiger partial charge in [-0.05, 0) is 42.8 Å². The predicted octanol–water partition coefficient (Wildman–Crippen LogP) is 3.10. The van der Waals surface area contributed by atoms with Gasteiger partial charge in [0.1, 0.15) is 19.0 Å². The third-order valence-electron chi connectivity index (χ3n) is 3.87. The van der Waals surface area contributed by atoms with Gasteiger partial charge in [0.25, 0.3) is 0 Å². The minimum atomic E-state index is -0.168. The van der Waals surface area contributed by atoms with Crippen LogP contribution in [0.25, 0.3) is 6.08 Å². The van der Waals surface area contributed by atoms with E-state index in [-0.39, 0.29) is 5.91 Å². The van der Waals surface area contributed by atoms with Gasteiger partial charge >= 0.3 is 0 Å². The Morgan fingerprint density at radius 3 is 2.76 bits per heavy atom. The molecule has 25 heavy (non-hydrogen) atoms. The smallest absolute Gasteiger partial charge is 0.244 e. The Kier molecular flexibility index (Phi) is 5.23. The number of hydrogen-bond donors (Lipinski definition) is 1. The molecule has 0 unspecified atom stereocenters. The van der Waals surface area contributed by atoms with Crippen molar-refractivity contribution < 1.29 is 19.0 Å². The first-order valence-electron chi connectivity index (χ1n) is 8.15. The molecule has 1 aliphatic heterocycles. The zero-order chi connectivity index (χ0) is 17.6. The zero-order valence-corrected chi connectivity index (χ0v) is 14.4. The van der Waals surface area contributed by atoms with Crippen LogP contribution in [0.2, 0.25) is 0 Å². The van der Waals surface area contributed by atoms with Crippen molar-refractivity contribution in [2.75, 3.05) is 20.3 Å². The molecular formula is C20H21NO4. The molecule has 1 amide bonds. The summed E-state index contributed by atoms with van der Waals surface area (Å²) in [6.45, 7) is 3.53. The van der Waals surface area contributed by atoms with Crippen molar-refractivity contribution in [2.45, 2.75) is 13.5 Å². The van der Waals surface area contributed by atoms with Gasteiger partial charge in [-0.3, -0.25) is 4.79 Å². The van der Waals surface area contributed by atoms with Crippen LogP contribution < -0.4 is 19.5 Å². The van der Waals surface area contributed by atoms with Crippen molar-refractivity contribution >= 4 is 12.0 Å². The van der Waals surface area contributed by atoms with Crippen molar-refractivity contribution in [3.63, 3.8) is 0 Å². The summed E-state index contributed by atoms with van der Waals surface area (Å²) >= 11 is 0. The molecule has 0 bridgehead atoms. The highest BCUT2D eigenvalue weighted by Crippen LogP contribution is 2.30. The third kappa shape index (κ3) is 4.32. The molecule has 0 fully saturated rings. The molecule has 0 saturated carbocycles. The van der Waals surface area contributed by atoms with Crippen LogP contribution in [0.4, 0.5) is 0 Å². The molecule has 1 aliphatic rings. The highest BCUT2D eigenvalue weighted by Gasteiger charge is 2.11. The van der Waals surface area contributed by atoms with Gasteiger partial charge in [0.05, 0.1) is 7.11 Å². The lowest BCUT2D eigenvalue weighted by molar-refractivity contribution is -0.116. The van der Waals surface area contributed by atoms with Crippen LogP contribution >= 0.6 is 0 Å². The van der Waals surface area contributed by atoms with E-state index in [2.05, 4.69) is 5.32 Å². The molecule has 130 valence electrons. The molecule has 5 nitrogen and oxygen atoms in total. The van der Waals surface area contributed by atoms with E-state index in [0.29, 0.717) is 19.8 Å². The quantitative estimate of drug-likeness (QED) is 0.851. The van der Waals surface area contributed by atoms with Gasteiger partial charge in [-0.2, -0.15) is 0 Å². The van der Waals surface area contributed by atoms with Crippen molar-refractivity contribution in [2.24, 2.45) is 0 Å². The number of benzene rings is 2. The van der Waals surface area contributed by atoms with Crippen LogP contribution in [0.1, 0.15) is 16.7 Å². The summed E-state index contributed by atoms with van der Waals surface area (Å²) in [4.78, 5) is 12.1. The number of amides is 1. The molecule has 0 radical (unpaired) electrons. The molecular weight excluding hydrogens is 318 g/mol. The van der Waals surface area contributed by atoms with E-state index < -0.39 is 0 Å². The number of carbonyl (C=O) groups excluding carboxylic acids is 1. The molecule has 0 spiro atoms. The van der Waals surface area contributed by atoms with Crippen LogP contribution in [0, 0.1) is 6.92 Å². The number of methoxy groups -OCH3 is 1. The lowest BCUT2D eigenvalue weighted by Gasteiger charge is -2.18. The largest absolute Gasteiger partial charge is 0.496 e. The van der Waals surface area contributed by atoms with Gasteiger partial charge in [0.2, 0.25) is 5.91 Å². The van der Waals surface area contributed by atoms with E-state index in [1.165, 1.54) is 6.08 Å². The topological polar surface area (TPSA) is 56.8 Å². The fraction of sp³-hybridized carbons (Fsp3) is 0.250.